The summed E-state index contributed by atoms with van der Waals surface area (Å²) in [6.07, 6.45) is 0.318. The van der Waals surface area contributed by atoms with Gasteiger partial charge >= 0.3 is 5.63 Å². The van der Waals surface area contributed by atoms with Gasteiger partial charge in [0.15, 0.2) is 0 Å². The summed E-state index contributed by atoms with van der Waals surface area (Å²) < 4.78 is 5.27. The van der Waals surface area contributed by atoms with Gasteiger partial charge < -0.3 is 9.73 Å². The third kappa shape index (κ3) is 3.54. The van der Waals surface area contributed by atoms with E-state index in [1.54, 1.807) is 0 Å². The van der Waals surface area contributed by atoms with Crippen LogP contribution in [0.4, 0.5) is 0 Å². The van der Waals surface area contributed by atoms with Crippen molar-refractivity contribution in [1.82, 2.24) is 5.32 Å². The third-order valence-electron chi connectivity index (χ3n) is 4.13. The standard InChI is InChI=1S/C20H19NO3/c1-13-8-17-16(11-20(23)24-18(17)9-14(13)2)12-21-19(22)10-15-6-4-3-5-7-15/h3-9,11H,10,12H2,1-2H3,(H,21,22). The fourth-order valence-corrected chi connectivity index (χ4v) is 2.67. The molecular weight excluding hydrogens is 302 g/mol. The number of fused-ring (bicyclic) bond motifs is 1. The Hall–Kier alpha value is -2.88. The fourth-order valence-electron chi connectivity index (χ4n) is 2.67. The molecule has 1 heterocycles. The Kier molecular flexibility index (Phi) is 4.47. The Morgan fingerprint density at radius 2 is 1.75 bits per heavy atom. The van der Waals surface area contributed by atoms with Crippen LogP contribution in [0.5, 0.6) is 0 Å². The number of hydrogen-bond donors (Lipinski definition) is 1. The smallest absolute Gasteiger partial charge is 0.336 e. The Labute approximate surface area is 140 Å². The van der Waals surface area contributed by atoms with Gasteiger partial charge in [0.05, 0.1) is 6.42 Å². The highest BCUT2D eigenvalue weighted by Gasteiger charge is 2.09. The number of rotatable bonds is 4. The summed E-state index contributed by atoms with van der Waals surface area (Å²) in [6, 6.07) is 14.9. The van der Waals surface area contributed by atoms with Crippen molar-refractivity contribution in [3.63, 3.8) is 0 Å². The number of amides is 1. The molecule has 1 aromatic heterocycles. The molecule has 0 saturated heterocycles. The van der Waals surface area contributed by atoms with E-state index in [2.05, 4.69) is 5.32 Å². The van der Waals surface area contributed by atoms with Gasteiger partial charge in [0, 0.05) is 18.0 Å². The lowest BCUT2D eigenvalue weighted by Crippen LogP contribution is -2.25. The van der Waals surface area contributed by atoms with Crippen molar-refractivity contribution in [3.8, 4) is 0 Å². The van der Waals surface area contributed by atoms with E-state index in [-0.39, 0.29) is 5.91 Å². The molecule has 3 aromatic rings. The van der Waals surface area contributed by atoms with Gasteiger partial charge in [-0.15, -0.1) is 0 Å². The van der Waals surface area contributed by atoms with Crippen LogP contribution in [0.1, 0.15) is 22.3 Å². The highest BCUT2D eigenvalue weighted by Crippen LogP contribution is 2.21. The van der Waals surface area contributed by atoms with Crippen molar-refractivity contribution in [1.29, 1.82) is 0 Å². The van der Waals surface area contributed by atoms with Crippen LogP contribution in [0.25, 0.3) is 11.0 Å². The van der Waals surface area contributed by atoms with E-state index in [4.69, 9.17) is 4.42 Å². The van der Waals surface area contributed by atoms with E-state index in [1.807, 2.05) is 56.3 Å². The van der Waals surface area contributed by atoms with Crippen LogP contribution >= 0.6 is 0 Å². The Morgan fingerprint density at radius 1 is 1.04 bits per heavy atom. The van der Waals surface area contributed by atoms with Gasteiger partial charge in [-0.2, -0.15) is 0 Å². The van der Waals surface area contributed by atoms with Crippen molar-refractivity contribution < 1.29 is 9.21 Å². The largest absolute Gasteiger partial charge is 0.423 e. The zero-order valence-corrected chi connectivity index (χ0v) is 13.8. The molecule has 3 rings (SSSR count). The average Bonchev–Trinajstić information content (AvgIpc) is 2.55. The highest BCUT2D eigenvalue weighted by molar-refractivity contribution is 5.83. The number of carbonyl (C=O) groups is 1. The molecule has 122 valence electrons. The lowest BCUT2D eigenvalue weighted by molar-refractivity contribution is -0.120. The van der Waals surface area contributed by atoms with Crippen LogP contribution in [0.15, 0.2) is 57.7 Å². The molecule has 0 saturated carbocycles. The van der Waals surface area contributed by atoms with Crippen LogP contribution in [-0.2, 0) is 17.8 Å². The second-order valence-electron chi connectivity index (χ2n) is 5.96. The number of carbonyl (C=O) groups excluding carboxylic acids is 1. The van der Waals surface area contributed by atoms with Crippen molar-refractivity contribution in [2.75, 3.05) is 0 Å². The van der Waals surface area contributed by atoms with Crippen LogP contribution in [0.2, 0.25) is 0 Å². The van der Waals surface area contributed by atoms with Crippen LogP contribution in [-0.4, -0.2) is 5.91 Å². The normalized spacial score (nSPS) is 10.8. The molecule has 4 nitrogen and oxygen atoms in total. The van der Waals surface area contributed by atoms with Gasteiger partial charge in [0.25, 0.3) is 0 Å². The van der Waals surface area contributed by atoms with Gasteiger partial charge in [-0.25, -0.2) is 4.79 Å². The van der Waals surface area contributed by atoms with E-state index in [0.717, 1.165) is 27.6 Å². The highest BCUT2D eigenvalue weighted by atomic mass is 16.4. The summed E-state index contributed by atoms with van der Waals surface area (Å²) in [5.41, 5.74) is 4.06. The van der Waals surface area contributed by atoms with E-state index in [1.165, 1.54) is 6.07 Å². The van der Waals surface area contributed by atoms with E-state index in [9.17, 15) is 9.59 Å². The van der Waals surface area contributed by atoms with E-state index < -0.39 is 5.63 Å². The Morgan fingerprint density at radius 3 is 2.50 bits per heavy atom. The first-order valence-electron chi connectivity index (χ1n) is 7.87. The lowest BCUT2D eigenvalue weighted by Gasteiger charge is -2.09. The molecule has 0 aliphatic carbocycles. The van der Waals surface area contributed by atoms with Gasteiger partial charge in [-0.05, 0) is 48.2 Å². The van der Waals surface area contributed by atoms with Gasteiger partial charge in [0.1, 0.15) is 5.58 Å². The van der Waals surface area contributed by atoms with Crippen LogP contribution in [0.3, 0.4) is 0 Å². The predicted molar refractivity (Wildman–Crippen MR) is 94.0 cm³/mol. The number of benzene rings is 2. The molecule has 0 spiro atoms. The zero-order chi connectivity index (χ0) is 17.1. The SMILES string of the molecule is Cc1cc2oc(=O)cc(CNC(=O)Cc3ccccc3)c2cc1C. The number of aryl methyl sites for hydroxylation is 2. The summed E-state index contributed by atoms with van der Waals surface area (Å²) in [5.74, 6) is -0.0774. The van der Waals surface area contributed by atoms with Crippen molar-refractivity contribution >= 4 is 16.9 Å². The molecule has 0 aliphatic heterocycles. The Bertz CT molecular complexity index is 942. The summed E-state index contributed by atoms with van der Waals surface area (Å²) in [6.45, 7) is 4.29. The first-order chi connectivity index (χ1) is 11.5. The summed E-state index contributed by atoms with van der Waals surface area (Å²) in [4.78, 5) is 23.9. The first kappa shape index (κ1) is 16.0. The minimum absolute atomic E-state index is 0.0774. The molecule has 0 atom stereocenters. The van der Waals surface area contributed by atoms with Gasteiger partial charge in [-0.3, -0.25) is 4.79 Å². The summed E-state index contributed by atoms with van der Waals surface area (Å²) in [7, 11) is 0. The van der Waals surface area contributed by atoms with Crippen molar-refractivity contribution in [2.24, 2.45) is 0 Å². The van der Waals surface area contributed by atoms with Crippen molar-refractivity contribution in [2.45, 2.75) is 26.8 Å². The molecule has 1 amide bonds. The lowest BCUT2D eigenvalue weighted by atomic mass is 10.0. The zero-order valence-electron chi connectivity index (χ0n) is 13.8. The molecule has 0 aliphatic rings. The monoisotopic (exact) mass is 321 g/mol. The quantitative estimate of drug-likeness (QED) is 0.750. The molecule has 0 unspecified atom stereocenters. The number of hydrogen-bond acceptors (Lipinski definition) is 3. The molecule has 0 bridgehead atoms. The molecule has 2 aromatic carbocycles. The van der Waals surface area contributed by atoms with E-state index >= 15 is 0 Å². The second-order valence-corrected chi connectivity index (χ2v) is 5.96. The molecular formula is C20H19NO3. The molecule has 4 heteroatoms. The number of nitrogens with one attached hydrogen (secondary N) is 1. The average molecular weight is 321 g/mol. The Balaban J connectivity index is 1.81. The minimum atomic E-state index is -0.405. The maximum atomic E-state index is 12.1. The predicted octanol–water partition coefficient (Wildman–Crippen LogP) is 3.27. The molecule has 1 N–H and O–H groups in total. The molecule has 0 fully saturated rings. The third-order valence-corrected chi connectivity index (χ3v) is 4.13. The first-order valence-corrected chi connectivity index (χ1v) is 7.87. The van der Waals surface area contributed by atoms with E-state index in [0.29, 0.717) is 18.5 Å². The molecule has 0 radical (unpaired) electrons. The van der Waals surface area contributed by atoms with Crippen molar-refractivity contribution in [3.05, 3.63) is 81.2 Å². The van der Waals surface area contributed by atoms with Gasteiger partial charge in [-0.1, -0.05) is 30.3 Å². The summed E-state index contributed by atoms with van der Waals surface area (Å²) >= 11 is 0. The van der Waals surface area contributed by atoms with Crippen LogP contribution < -0.4 is 10.9 Å². The second kappa shape index (κ2) is 6.71. The maximum absolute atomic E-state index is 12.1. The topological polar surface area (TPSA) is 59.3 Å². The molecule has 24 heavy (non-hydrogen) atoms. The van der Waals surface area contributed by atoms with Crippen LogP contribution in [0, 0.1) is 13.8 Å². The summed E-state index contributed by atoms with van der Waals surface area (Å²) in [5, 5.41) is 3.74. The fraction of sp³-hybridized carbons (Fsp3) is 0.200. The maximum Gasteiger partial charge on any atom is 0.336 e. The van der Waals surface area contributed by atoms with Gasteiger partial charge in [0.2, 0.25) is 5.91 Å². The minimum Gasteiger partial charge on any atom is -0.423 e.